The molecule has 1 N–H and O–H groups in total. The number of fused-ring (bicyclic) bond motifs is 1. The molecule has 8 heteroatoms. The third kappa shape index (κ3) is 3.97. The zero-order valence-electron chi connectivity index (χ0n) is 14.1. The molecule has 0 atom stereocenters. The number of thiophene rings is 1. The van der Waals surface area contributed by atoms with Gasteiger partial charge in [0.2, 0.25) is 5.91 Å². The second-order valence-corrected chi connectivity index (χ2v) is 6.49. The van der Waals surface area contributed by atoms with Crippen molar-refractivity contribution in [3.05, 3.63) is 63.5 Å². The lowest BCUT2D eigenvalue weighted by atomic mass is 10.1. The number of ether oxygens (including phenoxy) is 1. The number of aromatic nitrogens is 2. The van der Waals surface area contributed by atoms with Crippen LogP contribution in [0.5, 0.6) is 0 Å². The zero-order valence-corrected chi connectivity index (χ0v) is 14.9. The first-order valence-electron chi connectivity index (χ1n) is 7.95. The van der Waals surface area contributed by atoms with Crippen molar-refractivity contribution in [1.29, 1.82) is 0 Å². The number of methoxy groups -OCH3 is 1. The average Bonchev–Trinajstić information content (AvgIpc) is 3.15. The third-order valence-corrected chi connectivity index (χ3v) is 4.72. The van der Waals surface area contributed by atoms with E-state index in [2.05, 4.69) is 15.0 Å². The molecule has 0 radical (unpaired) electrons. The summed E-state index contributed by atoms with van der Waals surface area (Å²) in [7, 11) is 1.33. The van der Waals surface area contributed by atoms with Gasteiger partial charge in [-0.05, 0) is 29.1 Å². The van der Waals surface area contributed by atoms with Crippen LogP contribution in [0.3, 0.4) is 0 Å². The van der Waals surface area contributed by atoms with Gasteiger partial charge in [-0.1, -0.05) is 12.1 Å². The van der Waals surface area contributed by atoms with E-state index in [9.17, 15) is 14.4 Å². The van der Waals surface area contributed by atoms with Gasteiger partial charge in [-0.2, -0.15) is 0 Å². The number of hydrogen-bond donors (Lipinski definition) is 1. The number of benzene rings is 1. The summed E-state index contributed by atoms with van der Waals surface area (Å²) in [5.41, 5.74) is 1.19. The maximum absolute atomic E-state index is 12.3. The second-order valence-electron chi connectivity index (χ2n) is 5.60. The van der Waals surface area contributed by atoms with E-state index in [1.165, 1.54) is 29.3 Å². The van der Waals surface area contributed by atoms with Gasteiger partial charge < -0.3 is 10.1 Å². The van der Waals surface area contributed by atoms with E-state index in [0.717, 1.165) is 5.56 Å². The fourth-order valence-electron chi connectivity index (χ4n) is 2.44. The maximum Gasteiger partial charge on any atom is 0.337 e. The zero-order chi connectivity index (χ0) is 18.5. The molecule has 134 valence electrons. The van der Waals surface area contributed by atoms with Crippen molar-refractivity contribution in [2.45, 2.75) is 19.5 Å². The lowest BCUT2D eigenvalue weighted by Gasteiger charge is -2.07. The molecule has 0 bridgehead atoms. The van der Waals surface area contributed by atoms with Gasteiger partial charge in [0, 0.05) is 19.5 Å². The lowest BCUT2D eigenvalue weighted by molar-refractivity contribution is -0.121. The first-order valence-corrected chi connectivity index (χ1v) is 8.83. The molecule has 0 unspecified atom stereocenters. The summed E-state index contributed by atoms with van der Waals surface area (Å²) in [6.45, 7) is 0.613. The number of hydrogen-bond acceptors (Lipinski definition) is 6. The fraction of sp³-hybridized carbons (Fsp3) is 0.222. The molecule has 1 amide bonds. The van der Waals surface area contributed by atoms with Gasteiger partial charge in [0.05, 0.1) is 24.4 Å². The fourth-order valence-corrected chi connectivity index (χ4v) is 3.16. The number of nitrogens with one attached hydrogen (secondary N) is 1. The smallest absolute Gasteiger partial charge is 0.337 e. The van der Waals surface area contributed by atoms with Crippen molar-refractivity contribution in [3.8, 4) is 0 Å². The summed E-state index contributed by atoms with van der Waals surface area (Å²) in [4.78, 5) is 40.6. The van der Waals surface area contributed by atoms with E-state index in [0.29, 0.717) is 22.3 Å². The summed E-state index contributed by atoms with van der Waals surface area (Å²) < 4.78 is 6.08. The van der Waals surface area contributed by atoms with E-state index in [1.54, 1.807) is 30.3 Å². The molecule has 0 saturated carbocycles. The molecule has 0 fully saturated rings. The predicted molar refractivity (Wildman–Crippen MR) is 98.1 cm³/mol. The van der Waals surface area contributed by atoms with Crippen molar-refractivity contribution >= 4 is 33.4 Å². The van der Waals surface area contributed by atoms with Crippen LogP contribution in [-0.4, -0.2) is 28.5 Å². The summed E-state index contributed by atoms with van der Waals surface area (Å²) in [6, 6.07) is 8.55. The van der Waals surface area contributed by atoms with E-state index < -0.39 is 5.97 Å². The van der Waals surface area contributed by atoms with Crippen LogP contribution >= 0.6 is 11.3 Å². The first kappa shape index (κ1) is 17.8. The Morgan fingerprint density at radius 3 is 2.73 bits per heavy atom. The van der Waals surface area contributed by atoms with Gasteiger partial charge >= 0.3 is 5.97 Å². The lowest BCUT2D eigenvalue weighted by Crippen LogP contribution is -2.27. The molecular weight excluding hydrogens is 354 g/mol. The normalized spacial score (nSPS) is 10.7. The van der Waals surface area contributed by atoms with Gasteiger partial charge in [-0.15, -0.1) is 11.3 Å². The van der Waals surface area contributed by atoms with Crippen molar-refractivity contribution < 1.29 is 14.3 Å². The number of amides is 1. The summed E-state index contributed by atoms with van der Waals surface area (Å²) in [5, 5.41) is 5.19. The van der Waals surface area contributed by atoms with Gasteiger partial charge in [0.25, 0.3) is 5.56 Å². The van der Waals surface area contributed by atoms with Gasteiger partial charge in [0.15, 0.2) is 0 Å². The summed E-state index contributed by atoms with van der Waals surface area (Å²) >= 11 is 1.41. The number of carbonyl (C=O) groups is 2. The Labute approximate surface area is 153 Å². The highest BCUT2D eigenvalue weighted by molar-refractivity contribution is 7.16. The van der Waals surface area contributed by atoms with E-state index >= 15 is 0 Å². The largest absolute Gasteiger partial charge is 0.465 e. The molecule has 0 saturated heterocycles. The molecule has 2 aromatic heterocycles. The highest BCUT2D eigenvalue weighted by Gasteiger charge is 2.08. The molecule has 7 nitrogen and oxygen atoms in total. The Kier molecular flexibility index (Phi) is 5.43. The minimum Gasteiger partial charge on any atom is -0.465 e. The Morgan fingerprint density at radius 1 is 1.23 bits per heavy atom. The molecule has 1 aromatic carbocycles. The quantitative estimate of drug-likeness (QED) is 0.669. The Bertz CT molecular complexity index is 992. The standard InChI is InChI=1S/C18H17N3O4S/c1-25-18(24)13-4-2-12(3-5-13)10-19-15(22)6-8-21-11-20-16-14(17(21)23)7-9-26-16/h2-5,7,9,11H,6,8,10H2,1H3,(H,19,22). The van der Waals surface area contributed by atoms with Crippen LogP contribution in [-0.2, 0) is 22.6 Å². The third-order valence-electron chi connectivity index (χ3n) is 3.89. The van der Waals surface area contributed by atoms with Crippen LogP contribution < -0.4 is 10.9 Å². The minimum atomic E-state index is -0.401. The van der Waals surface area contributed by atoms with Crippen molar-refractivity contribution in [2.75, 3.05) is 7.11 Å². The van der Waals surface area contributed by atoms with Crippen LogP contribution in [0.25, 0.3) is 10.2 Å². The van der Waals surface area contributed by atoms with Crippen LogP contribution in [0.2, 0.25) is 0 Å². The molecular formula is C18H17N3O4S. The maximum atomic E-state index is 12.3. The molecule has 3 rings (SSSR count). The molecule has 26 heavy (non-hydrogen) atoms. The van der Waals surface area contributed by atoms with Crippen LogP contribution in [0, 0.1) is 0 Å². The topological polar surface area (TPSA) is 90.3 Å². The molecule has 0 aliphatic heterocycles. The number of carbonyl (C=O) groups excluding carboxylic acids is 2. The monoisotopic (exact) mass is 371 g/mol. The van der Waals surface area contributed by atoms with E-state index in [-0.39, 0.29) is 24.4 Å². The number of aryl methyl sites for hydroxylation is 1. The van der Waals surface area contributed by atoms with Crippen molar-refractivity contribution in [3.63, 3.8) is 0 Å². The van der Waals surface area contributed by atoms with Crippen LogP contribution in [0.15, 0.2) is 46.8 Å². The van der Waals surface area contributed by atoms with E-state index in [1.807, 2.05) is 5.38 Å². The molecule has 0 aliphatic rings. The number of nitrogens with zero attached hydrogens (tertiary/aromatic N) is 2. The minimum absolute atomic E-state index is 0.137. The SMILES string of the molecule is COC(=O)c1ccc(CNC(=O)CCn2cnc3sccc3c2=O)cc1. The van der Waals surface area contributed by atoms with Gasteiger partial charge in [-0.25, -0.2) is 9.78 Å². The molecule has 0 aliphatic carbocycles. The van der Waals surface area contributed by atoms with Crippen molar-refractivity contribution in [2.24, 2.45) is 0 Å². The van der Waals surface area contributed by atoms with Gasteiger partial charge in [-0.3, -0.25) is 14.2 Å². The van der Waals surface area contributed by atoms with Gasteiger partial charge in [0.1, 0.15) is 4.83 Å². The first-order chi connectivity index (χ1) is 12.6. The van der Waals surface area contributed by atoms with Crippen LogP contribution in [0.4, 0.5) is 0 Å². The second kappa shape index (κ2) is 7.92. The summed E-state index contributed by atoms with van der Waals surface area (Å²) in [6.07, 6.45) is 1.65. The number of rotatable bonds is 6. The Morgan fingerprint density at radius 2 is 2.00 bits per heavy atom. The highest BCUT2D eigenvalue weighted by atomic mass is 32.1. The van der Waals surface area contributed by atoms with Crippen molar-refractivity contribution in [1.82, 2.24) is 14.9 Å². The van der Waals surface area contributed by atoms with E-state index in [4.69, 9.17) is 0 Å². The predicted octanol–water partition coefficient (Wildman–Crippen LogP) is 1.95. The Balaban J connectivity index is 1.53. The number of esters is 1. The van der Waals surface area contributed by atoms with Crippen LogP contribution in [0.1, 0.15) is 22.3 Å². The molecule has 0 spiro atoms. The summed E-state index contributed by atoms with van der Waals surface area (Å²) in [5.74, 6) is -0.568. The Hall–Kier alpha value is -3.00. The highest BCUT2D eigenvalue weighted by Crippen LogP contribution is 2.13. The average molecular weight is 371 g/mol. The molecule has 2 heterocycles. The molecule has 3 aromatic rings.